The number of rotatable bonds is 5. The topological polar surface area (TPSA) is 25.8 Å². The van der Waals surface area contributed by atoms with Crippen LogP contribution >= 0.6 is 23.1 Å². The lowest BCUT2D eigenvalue weighted by Crippen LogP contribution is -1.89. The van der Waals surface area contributed by atoms with Gasteiger partial charge in [-0.05, 0) is 36.3 Å². The summed E-state index contributed by atoms with van der Waals surface area (Å²) in [7, 11) is 0. The SMILES string of the molecule is CC1C=Cc2sc(-c3ccnc(SCCC=C(F)F)n3)cc21. The molecule has 3 rings (SSSR count). The highest BCUT2D eigenvalue weighted by Gasteiger charge is 2.18. The second kappa shape index (κ2) is 6.71. The average Bonchev–Trinajstić information content (AvgIpc) is 3.06. The first-order valence-electron chi connectivity index (χ1n) is 6.93. The molecule has 0 spiro atoms. The van der Waals surface area contributed by atoms with E-state index in [2.05, 4.69) is 35.1 Å². The van der Waals surface area contributed by atoms with Crippen LogP contribution < -0.4 is 0 Å². The Morgan fingerprint density at radius 2 is 2.32 bits per heavy atom. The van der Waals surface area contributed by atoms with Gasteiger partial charge >= 0.3 is 0 Å². The summed E-state index contributed by atoms with van der Waals surface area (Å²) >= 11 is 3.12. The molecule has 2 nitrogen and oxygen atoms in total. The Kier molecular flexibility index (Phi) is 4.69. The molecule has 0 N–H and O–H groups in total. The minimum Gasteiger partial charge on any atom is -0.231 e. The molecule has 1 aliphatic rings. The molecule has 22 heavy (non-hydrogen) atoms. The maximum atomic E-state index is 12.0. The highest BCUT2D eigenvalue weighted by Crippen LogP contribution is 2.40. The standard InChI is InChI=1S/C16H14F2N2S2/c1-10-4-5-13-11(10)9-14(22-13)12-6-7-19-16(20-12)21-8-2-3-15(17)18/h3-7,9-10H,2,8H2,1H3. The van der Waals surface area contributed by atoms with Gasteiger partial charge in [0.05, 0.1) is 10.6 Å². The zero-order valence-electron chi connectivity index (χ0n) is 11.9. The van der Waals surface area contributed by atoms with E-state index in [1.54, 1.807) is 17.5 Å². The molecule has 0 radical (unpaired) electrons. The monoisotopic (exact) mass is 336 g/mol. The van der Waals surface area contributed by atoms with Gasteiger partial charge in [0, 0.05) is 22.7 Å². The van der Waals surface area contributed by atoms with Crippen molar-refractivity contribution in [3.8, 4) is 10.6 Å². The van der Waals surface area contributed by atoms with Gasteiger partial charge in [0.1, 0.15) is 0 Å². The third kappa shape index (κ3) is 3.44. The number of aromatic nitrogens is 2. The molecule has 114 valence electrons. The third-order valence-corrected chi connectivity index (χ3v) is 5.38. The molecule has 1 aliphatic carbocycles. The van der Waals surface area contributed by atoms with Crippen molar-refractivity contribution >= 4 is 29.2 Å². The molecule has 0 aromatic carbocycles. The molecule has 1 unspecified atom stereocenters. The Bertz CT molecular complexity index is 733. The fourth-order valence-electron chi connectivity index (χ4n) is 2.23. The zero-order chi connectivity index (χ0) is 15.5. The first kappa shape index (κ1) is 15.4. The maximum absolute atomic E-state index is 12.0. The summed E-state index contributed by atoms with van der Waals surface area (Å²) < 4.78 is 23.9. The largest absolute Gasteiger partial charge is 0.266 e. The Morgan fingerprint density at radius 3 is 3.09 bits per heavy atom. The van der Waals surface area contributed by atoms with Gasteiger partial charge in [-0.1, -0.05) is 24.8 Å². The van der Waals surface area contributed by atoms with Crippen LogP contribution in [0.15, 0.2) is 41.7 Å². The van der Waals surface area contributed by atoms with Gasteiger partial charge in [-0.25, -0.2) is 9.97 Å². The van der Waals surface area contributed by atoms with Crippen molar-refractivity contribution in [2.75, 3.05) is 5.75 Å². The van der Waals surface area contributed by atoms with Gasteiger partial charge < -0.3 is 0 Å². The Morgan fingerprint density at radius 1 is 1.45 bits per heavy atom. The van der Waals surface area contributed by atoms with E-state index < -0.39 is 6.08 Å². The average molecular weight is 336 g/mol. The molecule has 0 amide bonds. The summed E-state index contributed by atoms with van der Waals surface area (Å²) in [5.41, 5.74) is 2.24. The van der Waals surface area contributed by atoms with Crippen LogP contribution in [0.2, 0.25) is 0 Å². The van der Waals surface area contributed by atoms with Gasteiger partial charge in [0.25, 0.3) is 6.08 Å². The van der Waals surface area contributed by atoms with E-state index in [-0.39, 0.29) is 0 Å². The molecule has 2 aromatic rings. The van der Waals surface area contributed by atoms with Crippen LogP contribution in [0, 0.1) is 0 Å². The molecule has 6 heteroatoms. The van der Waals surface area contributed by atoms with E-state index in [1.807, 2.05) is 6.07 Å². The van der Waals surface area contributed by atoms with E-state index in [0.29, 0.717) is 23.2 Å². The summed E-state index contributed by atoms with van der Waals surface area (Å²) in [6, 6.07) is 4.07. The first-order valence-corrected chi connectivity index (χ1v) is 8.73. The maximum Gasteiger partial charge on any atom is 0.266 e. The van der Waals surface area contributed by atoms with Crippen molar-refractivity contribution in [3.63, 3.8) is 0 Å². The fourth-order valence-corrected chi connectivity index (χ4v) is 4.10. The van der Waals surface area contributed by atoms with Crippen molar-refractivity contribution in [2.45, 2.75) is 24.4 Å². The first-order chi connectivity index (χ1) is 10.6. The lowest BCUT2D eigenvalue weighted by atomic mass is 10.1. The number of hydrogen-bond acceptors (Lipinski definition) is 4. The smallest absolute Gasteiger partial charge is 0.231 e. The minimum atomic E-state index is -1.63. The Balaban J connectivity index is 1.73. The highest BCUT2D eigenvalue weighted by atomic mass is 32.2. The van der Waals surface area contributed by atoms with Crippen LogP contribution in [0.1, 0.15) is 29.7 Å². The molecule has 0 aliphatic heterocycles. The number of nitrogens with zero attached hydrogens (tertiary/aromatic N) is 2. The van der Waals surface area contributed by atoms with Crippen LogP contribution in [-0.2, 0) is 0 Å². The van der Waals surface area contributed by atoms with Gasteiger partial charge in [0.15, 0.2) is 5.16 Å². The second-order valence-corrected chi connectivity index (χ2v) is 7.08. The molecule has 0 saturated heterocycles. The number of halogens is 2. The number of thioether (sulfide) groups is 1. The predicted molar refractivity (Wildman–Crippen MR) is 88.4 cm³/mol. The molecular weight excluding hydrogens is 322 g/mol. The number of fused-ring (bicyclic) bond motifs is 1. The molecule has 2 heterocycles. The summed E-state index contributed by atoms with van der Waals surface area (Å²) in [6.45, 7) is 2.18. The summed E-state index contributed by atoms with van der Waals surface area (Å²) in [5, 5.41) is 0.627. The van der Waals surface area contributed by atoms with E-state index in [9.17, 15) is 8.78 Å². The zero-order valence-corrected chi connectivity index (χ0v) is 13.6. The van der Waals surface area contributed by atoms with Gasteiger partial charge in [0.2, 0.25) is 0 Å². The predicted octanol–water partition coefficient (Wildman–Crippen LogP) is 5.60. The molecule has 0 bridgehead atoms. The van der Waals surface area contributed by atoms with E-state index in [0.717, 1.165) is 16.6 Å². The highest BCUT2D eigenvalue weighted by molar-refractivity contribution is 7.99. The van der Waals surface area contributed by atoms with Gasteiger partial charge in [-0.2, -0.15) is 8.78 Å². The van der Waals surface area contributed by atoms with E-state index in [4.69, 9.17) is 0 Å². The van der Waals surface area contributed by atoms with Crippen LogP contribution in [0.5, 0.6) is 0 Å². The quantitative estimate of drug-likeness (QED) is 0.404. The molecule has 0 saturated carbocycles. The molecule has 1 atom stereocenters. The Labute approximate surface area is 136 Å². The summed E-state index contributed by atoms with van der Waals surface area (Å²) in [4.78, 5) is 11.1. The third-order valence-electron chi connectivity index (χ3n) is 3.35. The van der Waals surface area contributed by atoms with Crippen molar-refractivity contribution in [1.82, 2.24) is 9.97 Å². The molecule has 0 fully saturated rings. The minimum absolute atomic E-state index is 0.316. The van der Waals surface area contributed by atoms with E-state index in [1.165, 1.54) is 22.2 Å². The fraction of sp³-hybridized carbons (Fsp3) is 0.250. The van der Waals surface area contributed by atoms with Crippen LogP contribution in [-0.4, -0.2) is 15.7 Å². The van der Waals surface area contributed by atoms with E-state index >= 15 is 0 Å². The van der Waals surface area contributed by atoms with Crippen LogP contribution in [0.3, 0.4) is 0 Å². The van der Waals surface area contributed by atoms with Crippen molar-refractivity contribution in [3.05, 3.63) is 47.0 Å². The van der Waals surface area contributed by atoms with Gasteiger partial charge in [-0.15, -0.1) is 11.3 Å². The lowest BCUT2D eigenvalue weighted by Gasteiger charge is -2.01. The molecular formula is C16H14F2N2S2. The number of thiophene rings is 1. The number of hydrogen-bond donors (Lipinski definition) is 0. The normalized spacial score (nSPS) is 15.9. The van der Waals surface area contributed by atoms with Crippen molar-refractivity contribution in [2.24, 2.45) is 0 Å². The van der Waals surface area contributed by atoms with Crippen molar-refractivity contribution in [1.29, 1.82) is 0 Å². The van der Waals surface area contributed by atoms with Gasteiger partial charge in [-0.3, -0.25) is 0 Å². The Hall–Kier alpha value is -1.53. The summed E-state index contributed by atoms with van der Waals surface area (Å²) in [6.07, 6.45) is 5.68. The summed E-state index contributed by atoms with van der Waals surface area (Å²) in [5.74, 6) is 1.000. The van der Waals surface area contributed by atoms with Crippen LogP contribution in [0.4, 0.5) is 8.78 Å². The molecule has 2 aromatic heterocycles. The lowest BCUT2D eigenvalue weighted by molar-refractivity contribution is 0.418. The number of allylic oxidation sites excluding steroid dienone is 2. The van der Waals surface area contributed by atoms with Crippen molar-refractivity contribution < 1.29 is 8.78 Å². The van der Waals surface area contributed by atoms with Crippen LogP contribution in [0.25, 0.3) is 16.6 Å². The second-order valence-electron chi connectivity index (χ2n) is 4.93.